The highest BCUT2D eigenvalue weighted by molar-refractivity contribution is 5.62. The van der Waals surface area contributed by atoms with Crippen molar-refractivity contribution in [2.75, 3.05) is 6.61 Å². The van der Waals surface area contributed by atoms with Gasteiger partial charge in [-0.25, -0.2) is 0 Å². The van der Waals surface area contributed by atoms with E-state index >= 15 is 0 Å². The zero-order valence-corrected chi connectivity index (χ0v) is 21.9. The van der Waals surface area contributed by atoms with E-state index in [1.165, 1.54) is 19.3 Å². The van der Waals surface area contributed by atoms with E-state index in [0.29, 0.717) is 17.4 Å². The lowest BCUT2D eigenvalue weighted by atomic mass is 9.52. The van der Waals surface area contributed by atoms with Crippen molar-refractivity contribution < 1.29 is 4.74 Å². The second kappa shape index (κ2) is 9.84. The van der Waals surface area contributed by atoms with Crippen LogP contribution in [-0.4, -0.2) is 6.61 Å². The Morgan fingerprint density at radius 3 is 2.29 bits per heavy atom. The maximum absolute atomic E-state index is 8.88. The van der Waals surface area contributed by atoms with E-state index in [-0.39, 0.29) is 16.4 Å². The van der Waals surface area contributed by atoms with Crippen LogP contribution < -0.4 is 4.74 Å². The second-order valence-electron chi connectivity index (χ2n) is 12.4. The Hall–Kier alpha value is -2.78. The standard InChI is InChI=1S/C31H40N2O/c1-28(2,3)23-30-15-9-16-31(30,29(4,5)6)20-25(19-30)10-7-8-17-34-27-13-11-24(12-14-27)18-26(21-32)22-33/h9,11-15,18-19H,7-8,10,16-17,20,23H2,1-6H3. The average Bonchev–Trinajstić information content (AvgIpc) is 3.23. The molecule has 0 bridgehead atoms. The minimum Gasteiger partial charge on any atom is -0.494 e. The molecule has 3 heteroatoms. The van der Waals surface area contributed by atoms with Crippen LogP contribution in [0, 0.1) is 44.3 Å². The largest absolute Gasteiger partial charge is 0.494 e. The molecule has 0 saturated heterocycles. The highest BCUT2D eigenvalue weighted by atomic mass is 16.5. The van der Waals surface area contributed by atoms with E-state index in [9.17, 15) is 0 Å². The molecule has 34 heavy (non-hydrogen) atoms. The molecule has 0 fully saturated rings. The van der Waals surface area contributed by atoms with Gasteiger partial charge in [0.2, 0.25) is 0 Å². The molecule has 3 rings (SSSR count). The smallest absolute Gasteiger partial charge is 0.130 e. The molecular weight excluding hydrogens is 416 g/mol. The molecule has 2 unspecified atom stereocenters. The third kappa shape index (κ3) is 5.47. The van der Waals surface area contributed by atoms with E-state index in [2.05, 4.69) is 59.8 Å². The van der Waals surface area contributed by atoms with Crippen molar-refractivity contribution in [2.24, 2.45) is 21.7 Å². The van der Waals surface area contributed by atoms with Crippen molar-refractivity contribution in [1.82, 2.24) is 0 Å². The van der Waals surface area contributed by atoms with E-state index in [1.807, 2.05) is 36.4 Å². The summed E-state index contributed by atoms with van der Waals surface area (Å²) in [5.74, 6) is 0.822. The van der Waals surface area contributed by atoms with Crippen LogP contribution in [0.1, 0.15) is 85.6 Å². The number of rotatable bonds is 8. The summed E-state index contributed by atoms with van der Waals surface area (Å²) in [4.78, 5) is 0. The zero-order chi connectivity index (χ0) is 25.0. The molecule has 2 aliphatic carbocycles. The van der Waals surface area contributed by atoms with Gasteiger partial charge in [0.05, 0.1) is 6.61 Å². The van der Waals surface area contributed by atoms with E-state index in [0.717, 1.165) is 30.6 Å². The molecule has 0 heterocycles. The quantitative estimate of drug-likeness (QED) is 0.224. The zero-order valence-electron chi connectivity index (χ0n) is 21.9. The highest BCUT2D eigenvalue weighted by Crippen LogP contribution is 2.69. The number of allylic oxidation sites excluding steroid dienone is 5. The van der Waals surface area contributed by atoms with Crippen LogP contribution in [0.25, 0.3) is 6.08 Å². The van der Waals surface area contributed by atoms with Crippen molar-refractivity contribution in [1.29, 1.82) is 10.5 Å². The molecule has 0 saturated carbocycles. The molecule has 0 aliphatic heterocycles. The number of benzene rings is 1. The first-order valence-electron chi connectivity index (χ1n) is 12.6. The summed E-state index contributed by atoms with van der Waals surface area (Å²) in [5.41, 5.74) is 3.59. The molecule has 0 radical (unpaired) electrons. The Kier molecular flexibility index (Phi) is 7.47. The molecule has 1 aromatic carbocycles. The SMILES string of the molecule is CC(C)(C)CC12C=CCC1(C(C)(C)C)CC(CCCCOc1ccc(C=C(C#N)C#N)cc1)=C2. The molecule has 180 valence electrons. The van der Waals surface area contributed by atoms with Gasteiger partial charge in [0.25, 0.3) is 0 Å². The maximum Gasteiger partial charge on any atom is 0.130 e. The maximum atomic E-state index is 8.88. The minimum atomic E-state index is 0.104. The van der Waals surface area contributed by atoms with Crippen molar-refractivity contribution >= 4 is 6.08 Å². The molecule has 3 nitrogen and oxygen atoms in total. The number of nitriles is 2. The van der Waals surface area contributed by atoms with Crippen molar-refractivity contribution in [3.05, 3.63) is 59.2 Å². The number of unbranched alkanes of at least 4 members (excludes halogenated alkanes) is 1. The lowest BCUT2D eigenvalue weighted by Crippen LogP contribution is -2.45. The lowest BCUT2D eigenvalue weighted by Gasteiger charge is -2.52. The van der Waals surface area contributed by atoms with E-state index in [4.69, 9.17) is 15.3 Å². The van der Waals surface area contributed by atoms with E-state index < -0.39 is 0 Å². The first-order chi connectivity index (χ1) is 15.9. The third-order valence-corrected chi connectivity index (χ3v) is 7.61. The summed E-state index contributed by atoms with van der Waals surface area (Å²) in [6.45, 7) is 15.1. The van der Waals surface area contributed by atoms with Crippen LogP contribution in [0.3, 0.4) is 0 Å². The Bertz CT molecular complexity index is 1030. The lowest BCUT2D eigenvalue weighted by molar-refractivity contribution is -0.000160. The number of nitrogens with zero attached hydrogens (tertiary/aromatic N) is 2. The van der Waals surface area contributed by atoms with Gasteiger partial charge in [0.1, 0.15) is 23.5 Å². The van der Waals surface area contributed by atoms with Gasteiger partial charge in [-0.05, 0) is 78.5 Å². The fourth-order valence-electron chi connectivity index (χ4n) is 6.19. The van der Waals surface area contributed by atoms with Gasteiger partial charge >= 0.3 is 0 Å². The topological polar surface area (TPSA) is 56.8 Å². The predicted molar refractivity (Wildman–Crippen MR) is 140 cm³/mol. The van der Waals surface area contributed by atoms with Gasteiger partial charge in [-0.1, -0.05) is 77.5 Å². The summed E-state index contributed by atoms with van der Waals surface area (Å²) < 4.78 is 5.94. The Morgan fingerprint density at radius 1 is 1.03 bits per heavy atom. The normalized spacial score (nSPS) is 23.6. The summed E-state index contributed by atoms with van der Waals surface area (Å²) in [6.07, 6.45) is 16.1. The highest BCUT2D eigenvalue weighted by Gasteiger charge is 2.60. The molecule has 1 aromatic rings. The number of ether oxygens (including phenoxy) is 1. The first kappa shape index (κ1) is 25.8. The Balaban J connectivity index is 1.56. The second-order valence-corrected chi connectivity index (χ2v) is 12.4. The van der Waals surface area contributed by atoms with Gasteiger partial charge in [0.15, 0.2) is 0 Å². The summed E-state index contributed by atoms with van der Waals surface area (Å²) >= 11 is 0. The van der Waals surface area contributed by atoms with Crippen LogP contribution in [0.4, 0.5) is 0 Å². The fourth-order valence-corrected chi connectivity index (χ4v) is 6.19. The summed E-state index contributed by atoms with van der Waals surface area (Å²) in [5, 5.41) is 17.8. The number of hydrogen-bond acceptors (Lipinski definition) is 3. The summed E-state index contributed by atoms with van der Waals surface area (Å²) in [7, 11) is 0. The fraction of sp³-hybridized carbons (Fsp3) is 0.548. The van der Waals surface area contributed by atoms with Crippen molar-refractivity contribution in [3.8, 4) is 17.9 Å². The van der Waals surface area contributed by atoms with Crippen LogP contribution in [0.15, 0.2) is 53.6 Å². The van der Waals surface area contributed by atoms with Gasteiger partial charge in [-0.3, -0.25) is 0 Å². The molecule has 0 N–H and O–H groups in total. The first-order valence-corrected chi connectivity index (χ1v) is 12.6. The number of fused-ring (bicyclic) bond motifs is 1. The van der Waals surface area contributed by atoms with Crippen LogP contribution >= 0.6 is 0 Å². The van der Waals surface area contributed by atoms with Crippen LogP contribution in [-0.2, 0) is 0 Å². The monoisotopic (exact) mass is 456 g/mol. The Labute approximate surface area is 206 Å². The average molecular weight is 457 g/mol. The van der Waals surface area contributed by atoms with Gasteiger partial charge in [0, 0.05) is 5.41 Å². The summed E-state index contributed by atoms with van der Waals surface area (Å²) in [6, 6.07) is 11.3. The predicted octanol–water partition coefficient (Wildman–Crippen LogP) is 8.41. The minimum absolute atomic E-state index is 0.104. The van der Waals surface area contributed by atoms with Crippen molar-refractivity contribution in [2.45, 2.75) is 80.1 Å². The van der Waals surface area contributed by atoms with Gasteiger partial charge < -0.3 is 4.74 Å². The van der Waals surface area contributed by atoms with E-state index in [1.54, 1.807) is 11.6 Å². The number of hydrogen-bond donors (Lipinski definition) is 0. The molecular formula is C31H40N2O. The van der Waals surface area contributed by atoms with Crippen LogP contribution in [0.2, 0.25) is 0 Å². The molecule has 0 aromatic heterocycles. The van der Waals surface area contributed by atoms with Gasteiger partial charge in [-0.2, -0.15) is 10.5 Å². The molecule has 0 spiro atoms. The third-order valence-electron chi connectivity index (χ3n) is 7.61. The van der Waals surface area contributed by atoms with Crippen molar-refractivity contribution in [3.63, 3.8) is 0 Å². The Morgan fingerprint density at radius 2 is 1.71 bits per heavy atom. The molecule has 2 atom stereocenters. The van der Waals surface area contributed by atoms with Crippen LogP contribution in [0.5, 0.6) is 5.75 Å². The molecule has 0 amide bonds. The molecule has 2 aliphatic rings. The van der Waals surface area contributed by atoms with Gasteiger partial charge in [-0.15, -0.1) is 0 Å².